The molecule has 0 aromatic heterocycles. The Kier molecular flexibility index (Phi) is 5.76. The van der Waals surface area contributed by atoms with Crippen LogP contribution in [0, 0.1) is 11.8 Å². The molecule has 3 aliphatic rings. The number of thioether (sulfide) groups is 1. The van der Waals surface area contributed by atoms with E-state index in [0.717, 1.165) is 42.7 Å². The smallest absolute Gasteiger partial charge is 0.255 e. The zero-order chi connectivity index (χ0) is 22.3. The summed E-state index contributed by atoms with van der Waals surface area (Å²) in [5.41, 5.74) is -0.0139. The molecule has 0 spiro atoms. The molecule has 1 aliphatic carbocycles. The van der Waals surface area contributed by atoms with Gasteiger partial charge in [-0.15, -0.1) is 11.8 Å². The van der Waals surface area contributed by atoms with Crippen LogP contribution >= 0.6 is 11.8 Å². The van der Waals surface area contributed by atoms with E-state index in [2.05, 4.69) is 4.99 Å². The number of amides is 3. The molecule has 10 heteroatoms. The van der Waals surface area contributed by atoms with Crippen molar-refractivity contribution in [3.63, 3.8) is 0 Å². The predicted octanol–water partition coefficient (Wildman–Crippen LogP) is 4.19. The van der Waals surface area contributed by atoms with Crippen LogP contribution in [0.15, 0.2) is 34.3 Å². The Hall–Kier alpha value is -2.49. The lowest BCUT2D eigenvalue weighted by Crippen LogP contribution is -2.54. The zero-order valence-electron chi connectivity index (χ0n) is 17.1. The molecule has 0 bridgehead atoms. The van der Waals surface area contributed by atoms with Gasteiger partial charge in [0.15, 0.2) is 5.92 Å². The lowest BCUT2D eigenvalue weighted by atomic mass is 10.0. The van der Waals surface area contributed by atoms with E-state index in [9.17, 15) is 22.8 Å². The van der Waals surface area contributed by atoms with E-state index < -0.39 is 29.6 Å². The maximum absolute atomic E-state index is 12.9. The van der Waals surface area contributed by atoms with Gasteiger partial charge in [-0.25, -0.2) is 9.79 Å². The van der Waals surface area contributed by atoms with Gasteiger partial charge in [0.2, 0.25) is 5.84 Å². The minimum atomic E-state index is -4.38. The van der Waals surface area contributed by atoms with Gasteiger partial charge in [-0.2, -0.15) is 22.6 Å². The minimum absolute atomic E-state index is 0.188. The molecule has 4 rings (SSSR count). The molecule has 0 radical (unpaired) electrons. The standard InChI is InChI=1S/C21H22F3N4O2S/c1-27-17-15(19(29)28(2)20(27)30)18(26-16(25-17)13-5-3-4-6-13)31-11-12-7-9-14(10-8-12)21(22,23)24/h7-10,13,15H,3-6,11H2,1-2H3/q+1. The van der Waals surface area contributed by atoms with Gasteiger partial charge < -0.3 is 0 Å². The Labute approximate surface area is 181 Å². The number of hydrogen-bond donors (Lipinski definition) is 0. The molecule has 3 amide bonds. The Bertz CT molecular complexity index is 1010. The third kappa shape index (κ3) is 4.17. The summed E-state index contributed by atoms with van der Waals surface area (Å²) in [4.78, 5) is 35.7. The number of hydrogen-bond acceptors (Lipinski definition) is 5. The summed E-state index contributed by atoms with van der Waals surface area (Å²) < 4.78 is 39.8. The molecule has 0 saturated heterocycles. The molecule has 1 atom stereocenters. The number of nitrogens with zero attached hydrogens (tertiary/aromatic N) is 4. The highest BCUT2D eigenvalue weighted by Crippen LogP contribution is 2.33. The molecule has 1 fully saturated rings. The third-order valence-electron chi connectivity index (χ3n) is 5.84. The number of benzene rings is 1. The lowest BCUT2D eigenvalue weighted by Gasteiger charge is -2.27. The van der Waals surface area contributed by atoms with Crippen LogP contribution in [0.3, 0.4) is 0 Å². The summed E-state index contributed by atoms with van der Waals surface area (Å²) in [5.74, 6) is 0.375. The molecule has 1 aromatic carbocycles. The van der Waals surface area contributed by atoms with Crippen LogP contribution < -0.4 is 0 Å². The lowest BCUT2D eigenvalue weighted by molar-refractivity contribution is -0.407. The first-order valence-electron chi connectivity index (χ1n) is 10.0. The summed E-state index contributed by atoms with van der Waals surface area (Å²) in [6.07, 6.45) is -0.290. The van der Waals surface area contributed by atoms with E-state index in [1.165, 1.54) is 35.5 Å². The summed E-state index contributed by atoms with van der Waals surface area (Å²) in [6.45, 7) is 0. The number of rotatable bonds is 3. The Morgan fingerprint density at radius 2 is 1.77 bits per heavy atom. The van der Waals surface area contributed by atoms with Gasteiger partial charge in [0, 0.05) is 11.7 Å². The number of carbonyl (C=O) groups is 2. The molecule has 1 unspecified atom stereocenters. The van der Waals surface area contributed by atoms with Crippen molar-refractivity contribution < 1.29 is 27.3 Å². The molecule has 31 heavy (non-hydrogen) atoms. The van der Waals surface area contributed by atoms with Crippen LogP contribution in [0.5, 0.6) is 0 Å². The second kappa shape index (κ2) is 8.22. The van der Waals surface area contributed by atoms with Gasteiger partial charge in [0.25, 0.3) is 5.84 Å². The van der Waals surface area contributed by atoms with Gasteiger partial charge in [-0.3, -0.25) is 4.79 Å². The van der Waals surface area contributed by atoms with E-state index in [0.29, 0.717) is 28.0 Å². The van der Waals surface area contributed by atoms with Crippen molar-refractivity contribution in [1.29, 1.82) is 0 Å². The summed E-state index contributed by atoms with van der Waals surface area (Å²) in [5, 5.41) is 0.531. The highest BCUT2D eigenvalue weighted by atomic mass is 32.2. The molecule has 2 aliphatic heterocycles. The van der Waals surface area contributed by atoms with Crippen LogP contribution in [0.1, 0.15) is 36.8 Å². The number of alkyl halides is 3. The van der Waals surface area contributed by atoms with E-state index >= 15 is 0 Å². The Balaban J connectivity index is 1.63. The van der Waals surface area contributed by atoms with Gasteiger partial charge in [-0.05, 0) is 30.5 Å². The average molecular weight is 451 g/mol. The fraction of sp³-hybridized carbons (Fsp3) is 0.476. The van der Waals surface area contributed by atoms with Gasteiger partial charge in [-0.1, -0.05) is 30.0 Å². The first kappa shape index (κ1) is 21.7. The highest BCUT2D eigenvalue weighted by Gasteiger charge is 2.49. The SMILES string of the molecule is CN1C(=O)C2C(SCc3ccc(C(F)(F)F)cc3)=NC(C3CCCC3)=NC2=[N+](C)C1=O. The molecule has 2 heterocycles. The van der Waals surface area contributed by atoms with Crippen LogP contribution in [0.4, 0.5) is 18.0 Å². The molecule has 0 N–H and O–H groups in total. The van der Waals surface area contributed by atoms with E-state index in [1.807, 2.05) is 0 Å². The van der Waals surface area contributed by atoms with Crippen molar-refractivity contribution >= 4 is 40.4 Å². The summed E-state index contributed by atoms with van der Waals surface area (Å²) in [6, 6.07) is 4.52. The number of carbonyl (C=O) groups excluding carboxylic acids is 2. The van der Waals surface area contributed by atoms with E-state index in [1.54, 1.807) is 7.05 Å². The fourth-order valence-electron chi connectivity index (χ4n) is 4.02. The molecule has 164 valence electrons. The number of aliphatic imine (C=N–C) groups is 2. The average Bonchev–Trinajstić information content (AvgIpc) is 3.29. The largest absolute Gasteiger partial charge is 0.445 e. The highest BCUT2D eigenvalue weighted by molar-refractivity contribution is 8.13. The summed E-state index contributed by atoms with van der Waals surface area (Å²) >= 11 is 1.30. The Morgan fingerprint density at radius 1 is 1.13 bits per heavy atom. The Morgan fingerprint density at radius 3 is 2.39 bits per heavy atom. The molecule has 6 nitrogen and oxygen atoms in total. The maximum Gasteiger partial charge on any atom is 0.445 e. The van der Waals surface area contributed by atoms with Crippen molar-refractivity contribution in [2.45, 2.75) is 37.6 Å². The van der Waals surface area contributed by atoms with E-state index in [4.69, 9.17) is 4.99 Å². The minimum Gasteiger partial charge on any atom is -0.255 e. The number of urea groups is 1. The normalized spacial score (nSPS) is 22.6. The van der Waals surface area contributed by atoms with Crippen molar-refractivity contribution in [1.82, 2.24) is 4.90 Å². The molecule has 1 saturated carbocycles. The maximum atomic E-state index is 12.9. The first-order chi connectivity index (χ1) is 14.7. The van der Waals surface area contributed by atoms with Gasteiger partial charge >= 0.3 is 18.1 Å². The number of fused-ring (bicyclic) bond motifs is 1. The predicted molar refractivity (Wildman–Crippen MR) is 112 cm³/mol. The van der Waals surface area contributed by atoms with Gasteiger partial charge in [0.1, 0.15) is 5.04 Å². The quantitative estimate of drug-likeness (QED) is 0.648. The second-order valence-electron chi connectivity index (χ2n) is 7.91. The van der Waals surface area contributed by atoms with Crippen molar-refractivity contribution in [2.24, 2.45) is 21.8 Å². The third-order valence-corrected chi connectivity index (χ3v) is 6.94. The van der Waals surface area contributed by atoms with Crippen molar-refractivity contribution in [2.75, 3.05) is 14.1 Å². The molecule has 1 aromatic rings. The number of imide groups is 1. The number of halogens is 3. The van der Waals surface area contributed by atoms with Gasteiger partial charge in [0.05, 0.1) is 19.7 Å². The van der Waals surface area contributed by atoms with Crippen molar-refractivity contribution in [3.8, 4) is 0 Å². The fourth-order valence-corrected chi connectivity index (χ4v) is 5.06. The van der Waals surface area contributed by atoms with Crippen LogP contribution in [0.25, 0.3) is 0 Å². The summed E-state index contributed by atoms with van der Waals surface area (Å²) in [7, 11) is 3.01. The zero-order valence-corrected chi connectivity index (χ0v) is 18.0. The molecular weight excluding hydrogens is 429 g/mol. The first-order valence-corrected chi connectivity index (χ1v) is 11.0. The van der Waals surface area contributed by atoms with Crippen LogP contribution in [-0.4, -0.2) is 52.2 Å². The van der Waals surface area contributed by atoms with Crippen LogP contribution in [-0.2, 0) is 16.7 Å². The number of amidine groups is 2. The van der Waals surface area contributed by atoms with E-state index in [-0.39, 0.29) is 5.92 Å². The second-order valence-corrected chi connectivity index (χ2v) is 8.91. The topological polar surface area (TPSA) is 65.1 Å². The van der Waals surface area contributed by atoms with Crippen molar-refractivity contribution in [3.05, 3.63) is 35.4 Å². The molecular formula is C21H22F3N4O2S+. The van der Waals surface area contributed by atoms with Crippen LogP contribution in [0.2, 0.25) is 0 Å². The monoisotopic (exact) mass is 451 g/mol.